The number of hydrogen-bond donors (Lipinski definition) is 1. The van der Waals surface area contributed by atoms with Gasteiger partial charge in [-0.3, -0.25) is 4.79 Å². The van der Waals surface area contributed by atoms with Crippen molar-refractivity contribution in [2.24, 2.45) is 5.73 Å². The second-order valence-corrected chi connectivity index (χ2v) is 6.07. The van der Waals surface area contributed by atoms with E-state index in [-0.39, 0.29) is 6.04 Å². The van der Waals surface area contributed by atoms with Crippen molar-refractivity contribution in [1.82, 2.24) is 4.90 Å². The maximum atomic E-state index is 12.0. The van der Waals surface area contributed by atoms with E-state index >= 15 is 0 Å². The van der Waals surface area contributed by atoms with Gasteiger partial charge in [0.05, 0.1) is 5.75 Å². The molecular formula is C13H26N2OS. The minimum atomic E-state index is 0.249. The highest BCUT2D eigenvalue weighted by atomic mass is 32.2. The van der Waals surface area contributed by atoms with Gasteiger partial charge in [0.25, 0.3) is 0 Å². The van der Waals surface area contributed by atoms with E-state index in [1.165, 1.54) is 32.1 Å². The van der Waals surface area contributed by atoms with Gasteiger partial charge in [-0.2, -0.15) is 11.8 Å². The molecule has 4 heteroatoms. The molecule has 0 bridgehead atoms. The predicted molar refractivity (Wildman–Crippen MR) is 75.3 cm³/mol. The lowest BCUT2D eigenvalue weighted by atomic mass is 10.1. The average Bonchev–Trinajstić information content (AvgIpc) is 2.23. The molecule has 0 radical (unpaired) electrons. The summed E-state index contributed by atoms with van der Waals surface area (Å²) in [4.78, 5) is 14.0. The zero-order chi connectivity index (χ0) is 12.5. The van der Waals surface area contributed by atoms with Crippen LogP contribution in [0.2, 0.25) is 0 Å². The van der Waals surface area contributed by atoms with Crippen molar-refractivity contribution in [3.63, 3.8) is 0 Å². The third-order valence-corrected chi connectivity index (χ3v) is 4.13. The van der Waals surface area contributed by atoms with Gasteiger partial charge in [-0.05, 0) is 31.9 Å². The van der Waals surface area contributed by atoms with Crippen molar-refractivity contribution in [2.45, 2.75) is 51.5 Å². The van der Waals surface area contributed by atoms with E-state index in [9.17, 15) is 4.79 Å². The van der Waals surface area contributed by atoms with Gasteiger partial charge in [-0.25, -0.2) is 0 Å². The fourth-order valence-electron chi connectivity index (χ4n) is 2.02. The summed E-state index contributed by atoms with van der Waals surface area (Å²) in [5.41, 5.74) is 5.68. The van der Waals surface area contributed by atoms with E-state index in [4.69, 9.17) is 5.73 Å². The van der Waals surface area contributed by atoms with Gasteiger partial charge in [0, 0.05) is 19.1 Å². The zero-order valence-electron chi connectivity index (χ0n) is 11.0. The van der Waals surface area contributed by atoms with Gasteiger partial charge in [0.15, 0.2) is 0 Å². The Kier molecular flexibility index (Phi) is 7.69. The molecule has 0 saturated carbocycles. The molecule has 3 nitrogen and oxygen atoms in total. The summed E-state index contributed by atoms with van der Waals surface area (Å²) >= 11 is 1.72. The molecule has 100 valence electrons. The number of rotatable bonds is 5. The van der Waals surface area contributed by atoms with Crippen LogP contribution >= 0.6 is 11.8 Å². The van der Waals surface area contributed by atoms with Crippen molar-refractivity contribution in [3.8, 4) is 0 Å². The molecule has 1 amide bonds. The van der Waals surface area contributed by atoms with Crippen LogP contribution in [-0.2, 0) is 4.79 Å². The van der Waals surface area contributed by atoms with Gasteiger partial charge in [0.1, 0.15) is 0 Å². The Morgan fingerprint density at radius 1 is 1.24 bits per heavy atom. The predicted octanol–water partition coefficient (Wildman–Crippen LogP) is 2.25. The number of carbonyl (C=O) groups excluding carboxylic acids is 1. The largest absolute Gasteiger partial charge is 0.342 e. The summed E-state index contributed by atoms with van der Waals surface area (Å²) in [5.74, 6) is 1.95. The van der Waals surface area contributed by atoms with Crippen LogP contribution in [-0.4, -0.2) is 41.4 Å². The monoisotopic (exact) mass is 258 g/mol. The quantitative estimate of drug-likeness (QED) is 0.769. The van der Waals surface area contributed by atoms with Crippen LogP contribution in [0, 0.1) is 0 Å². The van der Waals surface area contributed by atoms with Gasteiger partial charge in [-0.15, -0.1) is 0 Å². The highest BCUT2D eigenvalue weighted by Crippen LogP contribution is 2.12. The third-order valence-electron chi connectivity index (χ3n) is 3.15. The van der Waals surface area contributed by atoms with Crippen LogP contribution in [0.5, 0.6) is 0 Å². The molecule has 0 spiro atoms. The molecule has 2 N–H and O–H groups in total. The normalized spacial score (nSPS) is 19.5. The van der Waals surface area contributed by atoms with E-state index in [1.807, 2.05) is 6.92 Å². The summed E-state index contributed by atoms with van der Waals surface area (Å²) < 4.78 is 0. The minimum Gasteiger partial charge on any atom is -0.342 e. The lowest BCUT2D eigenvalue weighted by molar-refractivity contribution is -0.128. The SMILES string of the molecule is CC(N)CCSCC(=O)N1CCCCCCC1. The Bertz CT molecular complexity index is 213. The lowest BCUT2D eigenvalue weighted by Crippen LogP contribution is -2.35. The van der Waals surface area contributed by atoms with Crippen molar-refractivity contribution in [2.75, 3.05) is 24.6 Å². The van der Waals surface area contributed by atoms with E-state index in [0.29, 0.717) is 11.7 Å². The average molecular weight is 258 g/mol. The third kappa shape index (κ3) is 6.94. The second kappa shape index (κ2) is 8.81. The molecule has 0 aliphatic carbocycles. The van der Waals surface area contributed by atoms with Crippen LogP contribution < -0.4 is 5.73 Å². The molecule has 0 aromatic heterocycles. The first-order valence-corrected chi connectivity index (χ1v) is 7.96. The smallest absolute Gasteiger partial charge is 0.232 e. The van der Waals surface area contributed by atoms with Gasteiger partial charge in [0.2, 0.25) is 5.91 Å². The fraction of sp³-hybridized carbons (Fsp3) is 0.923. The summed E-state index contributed by atoms with van der Waals surface area (Å²) in [6, 6.07) is 0.249. The number of amides is 1. The molecular weight excluding hydrogens is 232 g/mol. The number of thioether (sulfide) groups is 1. The molecule has 1 aliphatic heterocycles. The molecule has 1 rings (SSSR count). The Balaban J connectivity index is 2.16. The standard InChI is InChI=1S/C13H26N2OS/c1-12(14)7-10-17-11-13(16)15-8-5-3-2-4-6-9-15/h12H,2-11,14H2,1H3. The highest BCUT2D eigenvalue weighted by Gasteiger charge is 2.14. The molecule has 1 aliphatic rings. The van der Waals surface area contributed by atoms with Crippen molar-refractivity contribution < 1.29 is 4.79 Å². The summed E-state index contributed by atoms with van der Waals surface area (Å²) in [6.45, 7) is 3.94. The van der Waals surface area contributed by atoms with E-state index in [0.717, 1.165) is 25.3 Å². The molecule has 0 aromatic rings. The number of hydrogen-bond acceptors (Lipinski definition) is 3. The Morgan fingerprint density at radius 3 is 2.41 bits per heavy atom. The Labute approximate surface area is 109 Å². The van der Waals surface area contributed by atoms with Gasteiger partial charge < -0.3 is 10.6 Å². The minimum absolute atomic E-state index is 0.249. The summed E-state index contributed by atoms with van der Waals surface area (Å²) in [6.07, 6.45) is 7.25. The van der Waals surface area contributed by atoms with Crippen molar-refractivity contribution >= 4 is 17.7 Å². The van der Waals surface area contributed by atoms with Crippen molar-refractivity contribution in [1.29, 1.82) is 0 Å². The number of nitrogens with zero attached hydrogens (tertiary/aromatic N) is 1. The topological polar surface area (TPSA) is 46.3 Å². The Morgan fingerprint density at radius 2 is 1.82 bits per heavy atom. The highest BCUT2D eigenvalue weighted by molar-refractivity contribution is 7.99. The lowest BCUT2D eigenvalue weighted by Gasteiger charge is -2.24. The van der Waals surface area contributed by atoms with Gasteiger partial charge in [-0.1, -0.05) is 19.3 Å². The zero-order valence-corrected chi connectivity index (χ0v) is 11.8. The first-order valence-electron chi connectivity index (χ1n) is 6.81. The van der Waals surface area contributed by atoms with E-state index in [2.05, 4.69) is 4.90 Å². The maximum absolute atomic E-state index is 12.0. The molecule has 1 atom stereocenters. The van der Waals surface area contributed by atoms with Crippen LogP contribution in [0.15, 0.2) is 0 Å². The molecule has 1 heterocycles. The number of carbonyl (C=O) groups is 1. The summed E-state index contributed by atoms with van der Waals surface area (Å²) in [7, 11) is 0. The first-order chi connectivity index (χ1) is 8.20. The van der Waals surface area contributed by atoms with E-state index < -0.39 is 0 Å². The number of nitrogens with two attached hydrogens (primary N) is 1. The van der Waals surface area contributed by atoms with E-state index in [1.54, 1.807) is 11.8 Å². The molecule has 17 heavy (non-hydrogen) atoms. The fourth-order valence-corrected chi connectivity index (χ4v) is 3.06. The second-order valence-electron chi connectivity index (χ2n) is 4.97. The molecule has 1 fully saturated rings. The summed E-state index contributed by atoms with van der Waals surface area (Å²) in [5, 5.41) is 0. The van der Waals surface area contributed by atoms with Crippen LogP contribution in [0.3, 0.4) is 0 Å². The van der Waals surface area contributed by atoms with Crippen LogP contribution in [0.25, 0.3) is 0 Å². The van der Waals surface area contributed by atoms with Gasteiger partial charge >= 0.3 is 0 Å². The van der Waals surface area contributed by atoms with Crippen LogP contribution in [0.1, 0.15) is 45.4 Å². The Hall–Kier alpha value is -0.220. The number of likely N-dealkylation sites (tertiary alicyclic amines) is 1. The van der Waals surface area contributed by atoms with Crippen LogP contribution in [0.4, 0.5) is 0 Å². The van der Waals surface area contributed by atoms with Crippen molar-refractivity contribution in [3.05, 3.63) is 0 Å². The molecule has 0 aromatic carbocycles. The molecule has 1 unspecified atom stereocenters. The molecule has 1 saturated heterocycles. The maximum Gasteiger partial charge on any atom is 0.232 e. The first kappa shape index (κ1) is 14.8.